The molecule has 2 aromatic rings. The molecule has 0 aromatic heterocycles. The Hall–Kier alpha value is -2.20. The summed E-state index contributed by atoms with van der Waals surface area (Å²) in [6.45, 7) is 6.21. The lowest BCUT2D eigenvalue weighted by molar-refractivity contribution is -0.129. The van der Waals surface area contributed by atoms with Gasteiger partial charge in [0.05, 0.1) is 13.2 Å². The fraction of sp³-hybridized carbons (Fsp3) is 0.409. The minimum atomic E-state index is -0.573. The SMILES string of the molecule is CC[C@@H](Oc1cccc(Cl)c1)C(=O)N[C@@H](CC(C)C)c1ccc(OC)cc1. The van der Waals surface area contributed by atoms with E-state index in [1.165, 1.54) is 0 Å². The molecule has 0 aliphatic carbocycles. The number of benzene rings is 2. The summed E-state index contributed by atoms with van der Waals surface area (Å²) in [6.07, 6.45) is 0.831. The molecule has 0 heterocycles. The lowest BCUT2D eigenvalue weighted by Gasteiger charge is -2.24. The molecule has 0 fully saturated rings. The van der Waals surface area contributed by atoms with E-state index in [-0.39, 0.29) is 11.9 Å². The molecule has 0 aliphatic rings. The van der Waals surface area contributed by atoms with Crippen molar-refractivity contribution in [2.75, 3.05) is 7.11 Å². The van der Waals surface area contributed by atoms with Crippen LogP contribution in [0, 0.1) is 5.92 Å². The fourth-order valence-electron chi connectivity index (χ4n) is 2.88. The average Bonchev–Trinajstić information content (AvgIpc) is 2.65. The third-order valence-corrected chi connectivity index (χ3v) is 4.51. The molecular weight excluding hydrogens is 362 g/mol. The van der Waals surface area contributed by atoms with Crippen LogP contribution in [-0.2, 0) is 4.79 Å². The molecule has 4 nitrogen and oxygen atoms in total. The summed E-state index contributed by atoms with van der Waals surface area (Å²) in [6, 6.07) is 14.8. The zero-order chi connectivity index (χ0) is 19.8. The molecule has 5 heteroatoms. The molecule has 0 spiro atoms. The topological polar surface area (TPSA) is 47.6 Å². The van der Waals surface area contributed by atoms with Gasteiger partial charge in [0.15, 0.2) is 6.10 Å². The van der Waals surface area contributed by atoms with Gasteiger partial charge in [-0.25, -0.2) is 0 Å². The summed E-state index contributed by atoms with van der Waals surface area (Å²) in [5.74, 6) is 1.70. The van der Waals surface area contributed by atoms with Crippen LogP contribution >= 0.6 is 11.6 Å². The number of methoxy groups -OCH3 is 1. The third-order valence-electron chi connectivity index (χ3n) is 4.28. The van der Waals surface area contributed by atoms with Gasteiger partial charge in [-0.1, -0.05) is 50.6 Å². The summed E-state index contributed by atoms with van der Waals surface area (Å²) in [7, 11) is 1.64. The van der Waals surface area contributed by atoms with E-state index in [4.69, 9.17) is 21.1 Å². The van der Waals surface area contributed by atoms with Gasteiger partial charge in [-0.05, 0) is 54.7 Å². The molecule has 2 atom stereocenters. The highest BCUT2D eigenvalue weighted by Gasteiger charge is 2.23. The second-order valence-electron chi connectivity index (χ2n) is 6.94. The number of ether oxygens (including phenoxy) is 2. The third kappa shape index (κ3) is 6.47. The minimum Gasteiger partial charge on any atom is -0.497 e. The maximum atomic E-state index is 12.9. The van der Waals surface area contributed by atoms with E-state index in [9.17, 15) is 4.79 Å². The van der Waals surface area contributed by atoms with E-state index < -0.39 is 6.10 Å². The van der Waals surface area contributed by atoms with Gasteiger partial charge in [-0.2, -0.15) is 0 Å². The number of rotatable bonds is 9. The Labute approximate surface area is 166 Å². The summed E-state index contributed by atoms with van der Waals surface area (Å²) in [5.41, 5.74) is 1.05. The molecule has 1 amide bonds. The highest BCUT2D eigenvalue weighted by atomic mass is 35.5. The monoisotopic (exact) mass is 389 g/mol. The van der Waals surface area contributed by atoms with Crippen molar-refractivity contribution in [1.82, 2.24) is 5.32 Å². The van der Waals surface area contributed by atoms with Crippen LogP contribution in [0.15, 0.2) is 48.5 Å². The van der Waals surface area contributed by atoms with Crippen molar-refractivity contribution in [3.05, 3.63) is 59.1 Å². The van der Waals surface area contributed by atoms with Crippen LogP contribution in [0.5, 0.6) is 11.5 Å². The van der Waals surface area contributed by atoms with E-state index in [1.54, 1.807) is 31.4 Å². The van der Waals surface area contributed by atoms with Gasteiger partial charge < -0.3 is 14.8 Å². The average molecular weight is 390 g/mol. The van der Waals surface area contributed by atoms with Crippen LogP contribution in [0.1, 0.15) is 45.2 Å². The molecular formula is C22H28ClNO3. The van der Waals surface area contributed by atoms with Gasteiger partial charge in [-0.3, -0.25) is 4.79 Å². The Morgan fingerprint density at radius 3 is 2.37 bits per heavy atom. The molecule has 1 N–H and O–H groups in total. The van der Waals surface area contributed by atoms with Gasteiger partial charge in [0.2, 0.25) is 0 Å². The van der Waals surface area contributed by atoms with Gasteiger partial charge in [0.1, 0.15) is 11.5 Å². The van der Waals surface area contributed by atoms with Crippen LogP contribution in [0.2, 0.25) is 5.02 Å². The maximum absolute atomic E-state index is 12.9. The molecule has 146 valence electrons. The number of carbonyl (C=O) groups excluding carboxylic acids is 1. The number of carbonyl (C=O) groups is 1. The number of hydrogen-bond donors (Lipinski definition) is 1. The molecule has 0 aliphatic heterocycles. The fourth-order valence-corrected chi connectivity index (χ4v) is 3.06. The van der Waals surface area contributed by atoms with Crippen molar-refractivity contribution in [1.29, 1.82) is 0 Å². The van der Waals surface area contributed by atoms with Crippen LogP contribution in [0.25, 0.3) is 0 Å². The first-order valence-corrected chi connectivity index (χ1v) is 9.67. The van der Waals surface area contributed by atoms with E-state index >= 15 is 0 Å². The second kappa shape index (κ2) is 10.2. The number of halogens is 1. The van der Waals surface area contributed by atoms with Crippen LogP contribution < -0.4 is 14.8 Å². The number of hydrogen-bond acceptors (Lipinski definition) is 3. The van der Waals surface area contributed by atoms with E-state index in [0.29, 0.717) is 23.1 Å². The van der Waals surface area contributed by atoms with E-state index in [1.807, 2.05) is 31.2 Å². The van der Waals surface area contributed by atoms with E-state index in [0.717, 1.165) is 17.7 Å². The van der Waals surface area contributed by atoms with Crippen molar-refractivity contribution in [2.45, 2.75) is 45.8 Å². The lowest BCUT2D eigenvalue weighted by Crippen LogP contribution is -2.40. The largest absolute Gasteiger partial charge is 0.497 e. The van der Waals surface area contributed by atoms with Crippen LogP contribution in [0.3, 0.4) is 0 Å². The quantitative estimate of drug-likeness (QED) is 0.623. The summed E-state index contributed by atoms with van der Waals surface area (Å²) in [5, 5.41) is 3.73. The second-order valence-corrected chi connectivity index (χ2v) is 7.37. The molecule has 2 rings (SSSR count). The number of nitrogens with one attached hydrogen (secondary N) is 1. The smallest absolute Gasteiger partial charge is 0.261 e. The Balaban J connectivity index is 2.12. The Morgan fingerprint density at radius 1 is 1.11 bits per heavy atom. The van der Waals surface area contributed by atoms with E-state index in [2.05, 4.69) is 19.2 Å². The number of amides is 1. The summed E-state index contributed by atoms with van der Waals surface area (Å²) in [4.78, 5) is 12.9. The predicted octanol–water partition coefficient (Wildman–Crippen LogP) is 5.41. The standard InChI is InChI=1S/C22H28ClNO3/c1-5-21(27-19-8-6-7-17(23)14-19)22(25)24-20(13-15(2)3)16-9-11-18(26-4)12-10-16/h6-12,14-15,20-21H,5,13H2,1-4H3,(H,24,25)/t20-,21+/m0/s1. The summed E-state index contributed by atoms with van der Waals surface area (Å²) < 4.78 is 11.1. The molecule has 0 saturated carbocycles. The molecule has 0 bridgehead atoms. The highest BCUT2D eigenvalue weighted by molar-refractivity contribution is 6.30. The molecule has 0 radical (unpaired) electrons. The first-order valence-electron chi connectivity index (χ1n) is 9.29. The van der Waals surface area contributed by atoms with Gasteiger partial charge in [0, 0.05) is 5.02 Å². The minimum absolute atomic E-state index is 0.0829. The van der Waals surface area contributed by atoms with Gasteiger partial charge in [0.25, 0.3) is 5.91 Å². The lowest BCUT2D eigenvalue weighted by atomic mass is 9.96. The van der Waals surface area contributed by atoms with Crippen molar-refractivity contribution in [3.8, 4) is 11.5 Å². The Bertz CT molecular complexity index is 731. The zero-order valence-corrected chi connectivity index (χ0v) is 17.1. The highest BCUT2D eigenvalue weighted by Crippen LogP contribution is 2.25. The molecule has 27 heavy (non-hydrogen) atoms. The maximum Gasteiger partial charge on any atom is 0.261 e. The van der Waals surface area contributed by atoms with Crippen molar-refractivity contribution >= 4 is 17.5 Å². The van der Waals surface area contributed by atoms with Crippen molar-refractivity contribution in [3.63, 3.8) is 0 Å². The first-order chi connectivity index (χ1) is 12.9. The Morgan fingerprint density at radius 2 is 1.81 bits per heavy atom. The normalized spacial score (nSPS) is 13.1. The Kier molecular flexibility index (Phi) is 7.99. The molecule has 2 aromatic carbocycles. The van der Waals surface area contributed by atoms with Gasteiger partial charge in [-0.15, -0.1) is 0 Å². The first kappa shape index (κ1) is 21.1. The molecule has 0 saturated heterocycles. The summed E-state index contributed by atoms with van der Waals surface area (Å²) >= 11 is 6.01. The van der Waals surface area contributed by atoms with Gasteiger partial charge >= 0.3 is 0 Å². The van der Waals surface area contributed by atoms with Crippen LogP contribution in [-0.4, -0.2) is 19.1 Å². The predicted molar refractivity (Wildman–Crippen MR) is 109 cm³/mol. The van der Waals surface area contributed by atoms with Crippen LogP contribution in [0.4, 0.5) is 0 Å². The zero-order valence-electron chi connectivity index (χ0n) is 16.4. The molecule has 0 unspecified atom stereocenters. The van der Waals surface area contributed by atoms with Crippen molar-refractivity contribution < 1.29 is 14.3 Å². The van der Waals surface area contributed by atoms with Crippen molar-refractivity contribution in [2.24, 2.45) is 5.92 Å².